The van der Waals surface area contributed by atoms with Crippen LogP contribution in [0.25, 0.3) is 0 Å². The van der Waals surface area contributed by atoms with Gasteiger partial charge in [0.2, 0.25) is 0 Å². The number of nitrogens with zero attached hydrogens (tertiary/aromatic N) is 5. The summed E-state index contributed by atoms with van der Waals surface area (Å²) in [6.07, 6.45) is 0.487. The molecule has 0 spiro atoms. The molecule has 3 aromatic carbocycles. The van der Waals surface area contributed by atoms with E-state index < -0.39 is 17.8 Å². The number of ether oxygens (including phenoxy) is 2. The van der Waals surface area contributed by atoms with Gasteiger partial charge < -0.3 is 19.4 Å². The first-order valence-corrected chi connectivity index (χ1v) is 15.0. The molecule has 1 aliphatic heterocycles. The Morgan fingerprint density at radius 1 is 1.07 bits per heavy atom. The van der Waals surface area contributed by atoms with Gasteiger partial charge in [0.05, 0.1) is 38.3 Å². The fourth-order valence-electron chi connectivity index (χ4n) is 4.68. The molecule has 5 rings (SSSR count). The summed E-state index contributed by atoms with van der Waals surface area (Å²) in [7, 11) is 4.89. The molecule has 2 amide bonds. The summed E-state index contributed by atoms with van der Waals surface area (Å²) in [6, 6.07) is 18.4. The number of aromatic nitrogens is 3. The van der Waals surface area contributed by atoms with Crippen molar-refractivity contribution in [1.29, 1.82) is 0 Å². The predicted octanol–water partition coefficient (Wildman–Crippen LogP) is 5.13. The molecular formula is C30H28BrFN6O4S. The van der Waals surface area contributed by atoms with E-state index in [0.717, 1.165) is 27.4 Å². The molecule has 0 aliphatic carbocycles. The van der Waals surface area contributed by atoms with E-state index in [1.807, 2.05) is 42.5 Å². The van der Waals surface area contributed by atoms with Crippen LogP contribution < -0.4 is 14.8 Å². The van der Waals surface area contributed by atoms with Crippen molar-refractivity contribution in [2.24, 2.45) is 12.1 Å². The van der Waals surface area contributed by atoms with Gasteiger partial charge in [-0.05, 0) is 42.0 Å². The van der Waals surface area contributed by atoms with E-state index in [1.54, 1.807) is 25.8 Å². The van der Waals surface area contributed by atoms with Gasteiger partial charge in [-0.2, -0.15) is 5.10 Å². The summed E-state index contributed by atoms with van der Waals surface area (Å²) >= 11 is 4.68. The molecule has 0 radical (unpaired) electrons. The van der Waals surface area contributed by atoms with Crippen molar-refractivity contribution < 1.29 is 23.5 Å². The van der Waals surface area contributed by atoms with E-state index in [2.05, 4.69) is 31.4 Å². The first kappa shape index (κ1) is 30.2. The summed E-state index contributed by atoms with van der Waals surface area (Å²) < 4.78 is 27.3. The number of para-hydroxylation sites is 1. The Hall–Kier alpha value is -4.23. The highest BCUT2D eigenvalue weighted by molar-refractivity contribution is 9.10. The van der Waals surface area contributed by atoms with Crippen molar-refractivity contribution in [3.8, 4) is 11.5 Å². The van der Waals surface area contributed by atoms with Crippen LogP contribution in [0.3, 0.4) is 0 Å². The van der Waals surface area contributed by atoms with Crippen LogP contribution in [0, 0.1) is 5.82 Å². The maximum Gasteiger partial charge on any atom is 0.253 e. The van der Waals surface area contributed by atoms with Gasteiger partial charge in [-0.15, -0.1) is 10.2 Å². The van der Waals surface area contributed by atoms with E-state index in [9.17, 15) is 14.0 Å². The lowest BCUT2D eigenvalue weighted by atomic mass is 9.97. The third-order valence-corrected chi connectivity index (χ3v) is 8.41. The van der Waals surface area contributed by atoms with Crippen LogP contribution >= 0.6 is 27.7 Å². The lowest BCUT2D eigenvalue weighted by molar-refractivity contribution is -0.130. The lowest BCUT2D eigenvalue weighted by Gasteiger charge is -2.24. The number of carbonyl (C=O) groups excluding carboxylic acids is 2. The van der Waals surface area contributed by atoms with Gasteiger partial charge in [0.1, 0.15) is 5.82 Å². The first-order chi connectivity index (χ1) is 20.8. The molecule has 0 unspecified atom stereocenters. The number of hydrogen-bond acceptors (Lipinski definition) is 8. The van der Waals surface area contributed by atoms with Crippen LogP contribution in [0.15, 0.2) is 81.5 Å². The number of carbonyl (C=O) groups is 2. The van der Waals surface area contributed by atoms with Crippen LogP contribution in [0.5, 0.6) is 11.5 Å². The van der Waals surface area contributed by atoms with Crippen molar-refractivity contribution >= 4 is 45.2 Å². The third-order valence-electron chi connectivity index (χ3n) is 6.88. The molecule has 10 nitrogen and oxygen atoms in total. The van der Waals surface area contributed by atoms with E-state index in [1.165, 1.54) is 35.0 Å². The smallest absolute Gasteiger partial charge is 0.253 e. The Bertz CT molecular complexity index is 1680. The standard InChI is InChI=1S/C30H28BrFN6O4S/c1-37-26(16-33-29(40)19-6-4-7-21(32)14-19)34-35-30(37)43-17-27(39)38-24(22-8-5-9-25(41-2)28(22)42-3)15-23(36-38)18-10-12-20(31)13-11-18/h4-14,24H,15-17H2,1-3H3,(H,33,40)/t24-/m0/s1. The summed E-state index contributed by atoms with van der Waals surface area (Å²) in [5, 5.41) is 17.8. The summed E-state index contributed by atoms with van der Waals surface area (Å²) in [6.45, 7) is 0.0814. The minimum absolute atomic E-state index is 0.0432. The summed E-state index contributed by atoms with van der Waals surface area (Å²) in [5.41, 5.74) is 2.68. The number of nitrogens with one attached hydrogen (secondary N) is 1. The lowest BCUT2D eigenvalue weighted by Crippen LogP contribution is -2.29. The Morgan fingerprint density at radius 2 is 1.84 bits per heavy atom. The second-order valence-electron chi connectivity index (χ2n) is 9.53. The number of hydrogen-bond donors (Lipinski definition) is 1. The molecule has 13 heteroatoms. The van der Waals surface area contributed by atoms with Crippen LogP contribution in [0.1, 0.15) is 39.8 Å². The number of halogens is 2. The Labute approximate surface area is 260 Å². The van der Waals surface area contributed by atoms with Crippen molar-refractivity contribution in [2.75, 3.05) is 20.0 Å². The monoisotopic (exact) mass is 666 g/mol. The molecule has 222 valence electrons. The molecule has 0 saturated heterocycles. The number of benzene rings is 3. The van der Waals surface area contributed by atoms with Gasteiger partial charge in [-0.1, -0.05) is 58.0 Å². The van der Waals surface area contributed by atoms with E-state index >= 15 is 0 Å². The second-order valence-corrected chi connectivity index (χ2v) is 11.4. The van der Waals surface area contributed by atoms with E-state index in [-0.39, 0.29) is 23.8 Å². The van der Waals surface area contributed by atoms with Crippen LogP contribution in [-0.4, -0.2) is 57.3 Å². The fourth-order valence-corrected chi connectivity index (χ4v) is 5.73. The fraction of sp³-hybridized carbons (Fsp3) is 0.233. The molecule has 4 aromatic rings. The van der Waals surface area contributed by atoms with Crippen LogP contribution in [0.4, 0.5) is 4.39 Å². The van der Waals surface area contributed by atoms with Crippen LogP contribution in [0.2, 0.25) is 0 Å². The Morgan fingerprint density at radius 3 is 2.56 bits per heavy atom. The van der Waals surface area contributed by atoms with Crippen molar-refractivity contribution in [1.82, 2.24) is 25.1 Å². The quantitative estimate of drug-likeness (QED) is 0.234. The molecule has 0 saturated carbocycles. The SMILES string of the molecule is COc1cccc([C@@H]2CC(c3ccc(Br)cc3)=NN2C(=O)CSc2nnc(CNC(=O)c3cccc(F)c3)n2C)c1OC. The molecule has 43 heavy (non-hydrogen) atoms. The summed E-state index contributed by atoms with van der Waals surface area (Å²) in [5.74, 6) is 0.487. The Kier molecular flexibility index (Phi) is 9.41. The van der Waals surface area contributed by atoms with Crippen molar-refractivity contribution in [2.45, 2.75) is 24.2 Å². The van der Waals surface area contributed by atoms with Crippen molar-refractivity contribution in [3.05, 3.63) is 99.5 Å². The van der Waals surface area contributed by atoms with Gasteiger partial charge in [-0.25, -0.2) is 9.40 Å². The molecule has 1 aliphatic rings. The highest BCUT2D eigenvalue weighted by atomic mass is 79.9. The Balaban J connectivity index is 1.32. The molecule has 1 N–H and O–H groups in total. The average Bonchev–Trinajstić information content (AvgIpc) is 3.62. The van der Waals surface area contributed by atoms with Gasteiger partial charge in [0, 0.05) is 29.1 Å². The molecule has 1 aromatic heterocycles. The minimum atomic E-state index is -0.493. The van der Waals surface area contributed by atoms with Gasteiger partial charge >= 0.3 is 0 Å². The van der Waals surface area contributed by atoms with E-state index in [4.69, 9.17) is 14.6 Å². The molecule has 0 bridgehead atoms. The van der Waals surface area contributed by atoms with Crippen molar-refractivity contribution in [3.63, 3.8) is 0 Å². The molecule has 2 heterocycles. The van der Waals surface area contributed by atoms with Gasteiger partial charge in [-0.3, -0.25) is 9.59 Å². The maximum absolute atomic E-state index is 13.7. The highest BCUT2D eigenvalue weighted by Crippen LogP contribution is 2.42. The average molecular weight is 668 g/mol. The van der Waals surface area contributed by atoms with Crippen LogP contribution in [-0.2, 0) is 18.4 Å². The zero-order valence-electron chi connectivity index (χ0n) is 23.6. The van der Waals surface area contributed by atoms with Gasteiger partial charge in [0.25, 0.3) is 11.8 Å². The second kappa shape index (κ2) is 13.4. The zero-order valence-corrected chi connectivity index (χ0v) is 26.0. The number of methoxy groups -OCH3 is 2. The largest absolute Gasteiger partial charge is 0.493 e. The normalized spacial score (nSPS) is 14.4. The molecule has 0 fully saturated rings. The topological polar surface area (TPSA) is 111 Å². The predicted molar refractivity (Wildman–Crippen MR) is 164 cm³/mol. The third kappa shape index (κ3) is 6.73. The number of amides is 2. The highest BCUT2D eigenvalue weighted by Gasteiger charge is 2.35. The number of rotatable bonds is 10. The summed E-state index contributed by atoms with van der Waals surface area (Å²) in [4.78, 5) is 26.1. The van der Waals surface area contributed by atoms with Gasteiger partial charge in [0.15, 0.2) is 22.5 Å². The zero-order chi connectivity index (χ0) is 30.5. The minimum Gasteiger partial charge on any atom is -0.493 e. The molecule has 1 atom stereocenters. The molecular weight excluding hydrogens is 639 g/mol. The first-order valence-electron chi connectivity index (χ1n) is 13.2. The maximum atomic E-state index is 13.7. The number of thioether (sulfide) groups is 1. The van der Waals surface area contributed by atoms with E-state index in [0.29, 0.717) is 28.9 Å². The number of hydrazone groups is 1.